The Bertz CT molecular complexity index is 110. The van der Waals surface area contributed by atoms with Crippen LogP contribution >= 0.6 is 0 Å². The third kappa shape index (κ3) is 6.69. The molecular formula is C7H7O2. The van der Waals surface area contributed by atoms with Gasteiger partial charge in [0.2, 0.25) is 0 Å². The molecule has 0 unspecified atom stereocenters. The maximum absolute atomic E-state index is 8.24. The van der Waals surface area contributed by atoms with Crippen molar-refractivity contribution in [2.75, 3.05) is 0 Å². The second-order valence-corrected chi connectivity index (χ2v) is 1.25. The van der Waals surface area contributed by atoms with Crippen LogP contribution in [0.3, 0.4) is 0 Å². The summed E-state index contributed by atoms with van der Waals surface area (Å²) in [4.78, 5) is 8.24. The van der Waals surface area contributed by atoms with Crippen LogP contribution in [-0.4, -0.2) is 11.6 Å². The fraction of sp³-hybridized carbons (Fsp3) is 0. The van der Waals surface area contributed by atoms with E-state index in [0.717, 1.165) is 0 Å². The zero-order valence-corrected chi connectivity index (χ0v) is 4.82. The van der Waals surface area contributed by atoms with Gasteiger partial charge in [-0.25, -0.2) is 4.79 Å². The second-order valence-electron chi connectivity index (χ2n) is 1.25. The van der Waals surface area contributed by atoms with E-state index in [4.69, 9.17) is 9.90 Å². The van der Waals surface area contributed by atoms with Crippen molar-refractivity contribution in [3.8, 4) is 0 Å². The Hall–Kier alpha value is -1.31. The van der Waals surface area contributed by atoms with Crippen molar-refractivity contribution >= 4 is 6.47 Å². The summed E-state index contributed by atoms with van der Waals surface area (Å²) in [6.07, 6.45) is 0. The van der Waals surface area contributed by atoms with Gasteiger partial charge in [-0.1, -0.05) is 36.4 Å². The number of hydrogen-bond acceptors (Lipinski definition) is 1. The van der Waals surface area contributed by atoms with Crippen molar-refractivity contribution in [1.82, 2.24) is 0 Å². The average molecular weight is 123 g/mol. The van der Waals surface area contributed by atoms with Gasteiger partial charge in [-0.05, 0) is 0 Å². The highest BCUT2D eigenvalue weighted by Crippen LogP contribution is 1.79. The molecule has 0 aliphatic carbocycles. The fourth-order valence-electron chi connectivity index (χ4n) is 0.385. The summed E-state index contributed by atoms with van der Waals surface area (Å²) in [6.45, 7) is 0.500. The van der Waals surface area contributed by atoms with Gasteiger partial charge in [-0.15, -0.1) is 0 Å². The first kappa shape index (κ1) is 7.69. The molecule has 0 saturated heterocycles. The van der Waals surface area contributed by atoms with Crippen LogP contribution in [0.15, 0.2) is 36.4 Å². The van der Waals surface area contributed by atoms with E-state index in [1.165, 1.54) is 0 Å². The molecule has 2 nitrogen and oxygen atoms in total. The van der Waals surface area contributed by atoms with E-state index < -0.39 is 0 Å². The third-order valence-electron chi connectivity index (χ3n) is 0.667. The van der Waals surface area contributed by atoms with Crippen molar-refractivity contribution in [2.24, 2.45) is 0 Å². The molecular weight excluding hydrogens is 116 g/mol. The minimum absolute atomic E-state index is 0.500. The molecule has 1 N–H and O–H groups in total. The van der Waals surface area contributed by atoms with Crippen molar-refractivity contribution in [2.45, 2.75) is 0 Å². The quantitative estimate of drug-likeness (QED) is 0.564. The average Bonchev–Trinajstić information content (AvgIpc) is 1.93. The molecule has 1 radical (unpaired) electrons. The van der Waals surface area contributed by atoms with E-state index in [2.05, 4.69) is 0 Å². The standard InChI is InChI=1S/C6H6.CHO2/c1-2-4-6-5-3-1;2-1-3/h1-6H;(H,2,3). The van der Waals surface area contributed by atoms with Gasteiger partial charge >= 0.3 is 6.47 Å². The van der Waals surface area contributed by atoms with Crippen LogP contribution in [0.1, 0.15) is 0 Å². The minimum atomic E-state index is 0.500. The van der Waals surface area contributed by atoms with Crippen LogP contribution in [-0.2, 0) is 4.79 Å². The molecule has 1 aromatic rings. The van der Waals surface area contributed by atoms with Crippen molar-refractivity contribution < 1.29 is 9.90 Å². The highest BCUT2D eigenvalue weighted by molar-refractivity contribution is 5.34. The van der Waals surface area contributed by atoms with Gasteiger partial charge in [0.25, 0.3) is 0 Å². The summed E-state index contributed by atoms with van der Waals surface area (Å²) < 4.78 is 0. The lowest BCUT2D eigenvalue weighted by molar-refractivity contribution is 0.437. The van der Waals surface area contributed by atoms with Gasteiger partial charge in [0.1, 0.15) is 0 Å². The summed E-state index contributed by atoms with van der Waals surface area (Å²) in [7, 11) is 0. The molecule has 47 valence electrons. The summed E-state index contributed by atoms with van der Waals surface area (Å²) in [5.41, 5.74) is 0. The van der Waals surface area contributed by atoms with Gasteiger partial charge in [0.05, 0.1) is 0 Å². The lowest BCUT2D eigenvalue weighted by Crippen LogP contribution is -1.48. The van der Waals surface area contributed by atoms with E-state index in [1.807, 2.05) is 36.4 Å². The van der Waals surface area contributed by atoms with Crippen molar-refractivity contribution in [1.29, 1.82) is 0 Å². The van der Waals surface area contributed by atoms with Crippen molar-refractivity contribution in [3.63, 3.8) is 0 Å². The monoisotopic (exact) mass is 123 g/mol. The summed E-state index contributed by atoms with van der Waals surface area (Å²) >= 11 is 0. The topological polar surface area (TPSA) is 37.3 Å². The predicted octanol–water partition coefficient (Wildman–Crippen LogP) is 1.30. The molecule has 0 aliphatic heterocycles. The largest absolute Gasteiger partial charge is 0.473 e. The molecule has 0 atom stereocenters. The maximum atomic E-state index is 8.24. The Morgan fingerprint density at radius 2 is 1.00 bits per heavy atom. The molecule has 0 bridgehead atoms. The molecule has 0 fully saturated rings. The SMILES string of the molecule is O=[C]O.c1ccccc1. The molecule has 0 spiro atoms. The molecule has 0 saturated carbocycles. The molecule has 0 aliphatic rings. The third-order valence-corrected chi connectivity index (χ3v) is 0.667. The smallest absolute Gasteiger partial charge is 0.414 e. The zero-order chi connectivity index (χ0) is 6.95. The highest BCUT2D eigenvalue weighted by atomic mass is 16.3. The maximum Gasteiger partial charge on any atom is 0.414 e. The van der Waals surface area contributed by atoms with Crippen LogP contribution in [0.4, 0.5) is 0 Å². The molecule has 0 aromatic heterocycles. The number of rotatable bonds is 0. The van der Waals surface area contributed by atoms with Crippen molar-refractivity contribution in [3.05, 3.63) is 36.4 Å². The van der Waals surface area contributed by atoms with Gasteiger partial charge in [-0.3, -0.25) is 0 Å². The van der Waals surface area contributed by atoms with E-state index in [0.29, 0.717) is 6.47 Å². The van der Waals surface area contributed by atoms with Crippen LogP contribution in [0, 0.1) is 0 Å². The van der Waals surface area contributed by atoms with E-state index in [-0.39, 0.29) is 0 Å². The number of benzene rings is 1. The molecule has 0 amide bonds. The Morgan fingerprint density at radius 1 is 0.889 bits per heavy atom. The molecule has 9 heavy (non-hydrogen) atoms. The number of hydrogen-bond donors (Lipinski definition) is 1. The van der Waals surface area contributed by atoms with E-state index >= 15 is 0 Å². The lowest BCUT2D eigenvalue weighted by Gasteiger charge is -1.69. The molecule has 2 heteroatoms. The zero-order valence-electron chi connectivity index (χ0n) is 4.82. The fourth-order valence-corrected chi connectivity index (χ4v) is 0.385. The summed E-state index contributed by atoms with van der Waals surface area (Å²) in [5, 5.41) is 6.76. The van der Waals surface area contributed by atoms with Gasteiger partial charge in [-0.2, -0.15) is 0 Å². The van der Waals surface area contributed by atoms with Gasteiger partial charge in [0.15, 0.2) is 0 Å². The Balaban J connectivity index is 0.000000187. The van der Waals surface area contributed by atoms with Crippen LogP contribution in [0.5, 0.6) is 0 Å². The Morgan fingerprint density at radius 3 is 1.11 bits per heavy atom. The Kier molecular flexibility index (Phi) is 5.72. The van der Waals surface area contributed by atoms with Crippen LogP contribution in [0.25, 0.3) is 0 Å². The Labute approximate surface area is 53.8 Å². The predicted molar refractivity (Wildman–Crippen MR) is 34.8 cm³/mol. The van der Waals surface area contributed by atoms with E-state index in [9.17, 15) is 0 Å². The number of aliphatic hydroxyl groups excluding tert-OH is 1. The first-order valence-electron chi connectivity index (χ1n) is 2.43. The lowest BCUT2D eigenvalue weighted by atomic mass is 10.4. The first-order valence-corrected chi connectivity index (χ1v) is 2.43. The normalized spacial score (nSPS) is 6.67. The summed E-state index contributed by atoms with van der Waals surface area (Å²) in [5.74, 6) is 0. The first-order chi connectivity index (χ1) is 4.41. The van der Waals surface area contributed by atoms with Gasteiger partial charge < -0.3 is 5.11 Å². The molecule has 1 rings (SSSR count). The van der Waals surface area contributed by atoms with Gasteiger partial charge in [0, 0.05) is 0 Å². The summed E-state index contributed by atoms with van der Waals surface area (Å²) in [6, 6.07) is 12.0. The van der Waals surface area contributed by atoms with Crippen LogP contribution in [0.2, 0.25) is 0 Å². The molecule has 1 aromatic carbocycles. The molecule has 0 heterocycles. The minimum Gasteiger partial charge on any atom is -0.473 e. The van der Waals surface area contributed by atoms with Crippen LogP contribution < -0.4 is 0 Å². The second kappa shape index (κ2) is 6.69. The van der Waals surface area contributed by atoms with E-state index in [1.54, 1.807) is 0 Å². The highest BCUT2D eigenvalue weighted by Gasteiger charge is 1.57.